The molecule has 0 unspecified atom stereocenters. The maximum atomic E-state index is 8.91. The Morgan fingerprint density at radius 1 is 1.15 bits per heavy atom. The van der Waals surface area contributed by atoms with Crippen molar-refractivity contribution in [3.05, 3.63) is 35.8 Å². The maximum absolute atomic E-state index is 8.91. The highest BCUT2D eigenvalue weighted by atomic mass is 16.6. The van der Waals surface area contributed by atoms with E-state index in [9.17, 15) is 0 Å². The molecule has 1 aliphatic rings. The number of hydrogen-bond donors (Lipinski definition) is 1. The molecular weight excluding hydrogens is 256 g/mol. The fourth-order valence-corrected chi connectivity index (χ4v) is 1.96. The van der Waals surface area contributed by atoms with Gasteiger partial charge in [0.15, 0.2) is 11.5 Å². The molecule has 3 rings (SSSR count). The van der Waals surface area contributed by atoms with Gasteiger partial charge in [0.25, 0.3) is 0 Å². The molecule has 0 saturated carbocycles. The summed E-state index contributed by atoms with van der Waals surface area (Å²) in [7, 11) is 0. The minimum atomic E-state index is 0.331. The predicted octanol–water partition coefficient (Wildman–Crippen LogP) is 2.17. The van der Waals surface area contributed by atoms with E-state index in [1.54, 1.807) is 13.0 Å². The monoisotopic (exact) mass is 268 g/mol. The lowest BCUT2D eigenvalue weighted by molar-refractivity contribution is 0.171. The van der Waals surface area contributed by atoms with E-state index in [2.05, 4.69) is 15.3 Å². The van der Waals surface area contributed by atoms with Crippen LogP contribution in [0, 0.1) is 18.3 Å². The first-order chi connectivity index (χ1) is 9.74. The number of nitrogens with one attached hydrogen (secondary N) is 1. The third-order valence-electron chi connectivity index (χ3n) is 2.77. The summed E-state index contributed by atoms with van der Waals surface area (Å²) in [6, 6.07) is 9.17. The predicted molar refractivity (Wildman–Crippen MR) is 72.2 cm³/mol. The molecule has 6 heteroatoms. The van der Waals surface area contributed by atoms with E-state index in [4.69, 9.17) is 14.7 Å². The molecule has 1 aliphatic heterocycles. The van der Waals surface area contributed by atoms with Gasteiger partial charge in [0.05, 0.1) is 0 Å². The number of nitriles is 1. The van der Waals surface area contributed by atoms with Crippen molar-refractivity contribution >= 4 is 11.5 Å². The summed E-state index contributed by atoms with van der Waals surface area (Å²) in [6.07, 6.45) is 0. The van der Waals surface area contributed by atoms with Crippen LogP contribution < -0.4 is 14.8 Å². The first-order valence-electron chi connectivity index (χ1n) is 6.17. The average Bonchev–Trinajstić information content (AvgIpc) is 2.46. The molecule has 0 radical (unpaired) electrons. The van der Waals surface area contributed by atoms with Crippen molar-refractivity contribution in [2.24, 2.45) is 0 Å². The van der Waals surface area contributed by atoms with Gasteiger partial charge in [-0.3, -0.25) is 0 Å². The quantitative estimate of drug-likeness (QED) is 0.899. The lowest BCUT2D eigenvalue weighted by atomic mass is 10.2. The van der Waals surface area contributed by atoms with Crippen LogP contribution in [0.5, 0.6) is 11.5 Å². The van der Waals surface area contributed by atoms with Gasteiger partial charge in [0.2, 0.25) is 0 Å². The number of fused-ring (bicyclic) bond motifs is 1. The number of ether oxygens (including phenoxy) is 2. The normalized spacial score (nSPS) is 12.6. The maximum Gasteiger partial charge on any atom is 0.163 e. The van der Waals surface area contributed by atoms with Crippen molar-refractivity contribution in [3.8, 4) is 17.6 Å². The molecule has 0 saturated heterocycles. The Bertz CT molecular complexity index is 694. The van der Waals surface area contributed by atoms with Crippen molar-refractivity contribution < 1.29 is 9.47 Å². The Kier molecular flexibility index (Phi) is 3.09. The van der Waals surface area contributed by atoms with Crippen molar-refractivity contribution in [2.45, 2.75) is 6.92 Å². The van der Waals surface area contributed by atoms with E-state index in [-0.39, 0.29) is 0 Å². The molecule has 1 N–H and O–H groups in total. The number of nitrogens with zero attached hydrogens (tertiary/aromatic N) is 3. The molecule has 0 fully saturated rings. The fourth-order valence-electron chi connectivity index (χ4n) is 1.96. The van der Waals surface area contributed by atoms with E-state index in [0.717, 1.165) is 11.4 Å². The molecule has 0 amide bonds. The van der Waals surface area contributed by atoms with E-state index in [1.807, 2.05) is 24.3 Å². The van der Waals surface area contributed by atoms with Crippen LogP contribution in [0.1, 0.15) is 11.5 Å². The van der Waals surface area contributed by atoms with Crippen molar-refractivity contribution in [3.63, 3.8) is 0 Å². The summed E-state index contributed by atoms with van der Waals surface area (Å²) >= 11 is 0. The second-order valence-electron chi connectivity index (χ2n) is 4.28. The van der Waals surface area contributed by atoms with Gasteiger partial charge in [-0.15, -0.1) is 0 Å². The Hall–Kier alpha value is -2.81. The lowest BCUT2D eigenvalue weighted by Crippen LogP contribution is -2.15. The van der Waals surface area contributed by atoms with Gasteiger partial charge in [-0.05, 0) is 19.1 Å². The number of anilines is 2. The molecule has 1 aromatic heterocycles. The molecule has 2 aromatic rings. The van der Waals surface area contributed by atoms with Gasteiger partial charge in [0, 0.05) is 17.8 Å². The van der Waals surface area contributed by atoms with Crippen LogP contribution in [0.4, 0.5) is 11.5 Å². The first kappa shape index (κ1) is 12.2. The Balaban J connectivity index is 1.88. The summed E-state index contributed by atoms with van der Waals surface area (Å²) in [5.74, 6) is 2.56. The largest absolute Gasteiger partial charge is 0.486 e. The van der Waals surface area contributed by atoms with Gasteiger partial charge in [-0.1, -0.05) is 0 Å². The SMILES string of the molecule is Cc1nc(C#N)cc(Nc2ccc3c(c2)OCCO3)n1. The molecule has 6 nitrogen and oxygen atoms in total. The first-order valence-corrected chi connectivity index (χ1v) is 6.17. The minimum absolute atomic E-state index is 0.331. The second kappa shape index (κ2) is 5.05. The molecule has 0 bridgehead atoms. The summed E-state index contributed by atoms with van der Waals surface area (Å²) in [5, 5.41) is 12.0. The number of aromatic nitrogens is 2. The summed E-state index contributed by atoms with van der Waals surface area (Å²) in [4.78, 5) is 8.25. The third-order valence-corrected chi connectivity index (χ3v) is 2.77. The van der Waals surface area contributed by atoms with Crippen LogP contribution in [0.15, 0.2) is 24.3 Å². The van der Waals surface area contributed by atoms with Gasteiger partial charge in [-0.25, -0.2) is 9.97 Å². The number of hydrogen-bond acceptors (Lipinski definition) is 6. The van der Waals surface area contributed by atoms with Crippen molar-refractivity contribution in [1.29, 1.82) is 5.26 Å². The van der Waals surface area contributed by atoms with Gasteiger partial charge < -0.3 is 14.8 Å². The number of rotatable bonds is 2. The van der Waals surface area contributed by atoms with Crippen molar-refractivity contribution in [2.75, 3.05) is 18.5 Å². The molecule has 100 valence electrons. The fraction of sp³-hybridized carbons (Fsp3) is 0.214. The average molecular weight is 268 g/mol. The molecule has 1 aromatic carbocycles. The molecular formula is C14H12N4O2. The van der Waals surface area contributed by atoms with Crippen LogP contribution in [-0.4, -0.2) is 23.2 Å². The number of benzene rings is 1. The topological polar surface area (TPSA) is 80.1 Å². The zero-order chi connectivity index (χ0) is 13.9. The van der Waals surface area contributed by atoms with Gasteiger partial charge in [0.1, 0.15) is 36.6 Å². The zero-order valence-electron chi connectivity index (χ0n) is 10.9. The summed E-state index contributed by atoms with van der Waals surface area (Å²) in [6.45, 7) is 2.86. The Morgan fingerprint density at radius 3 is 2.75 bits per heavy atom. The van der Waals surface area contributed by atoms with E-state index in [0.29, 0.717) is 36.3 Å². The van der Waals surface area contributed by atoms with Crippen LogP contribution >= 0.6 is 0 Å². The summed E-state index contributed by atoms with van der Waals surface area (Å²) < 4.78 is 11.0. The highest BCUT2D eigenvalue weighted by Crippen LogP contribution is 2.33. The van der Waals surface area contributed by atoms with E-state index in [1.165, 1.54) is 0 Å². The van der Waals surface area contributed by atoms with Crippen LogP contribution in [0.25, 0.3) is 0 Å². The Labute approximate surface area is 116 Å². The molecule has 0 aliphatic carbocycles. The standard InChI is InChI=1S/C14H12N4O2/c1-9-16-11(8-15)7-14(17-9)18-10-2-3-12-13(6-10)20-5-4-19-12/h2-3,6-7H,4-5H2,1H3,(H,16,17,18). The minimum Gasteiger partial charge on any atom is -0.486 e. The highest BCUT2D eigenvalue weighted by molar-refractivity contribution is 5.62. The van der Waals surface area contributed by atoms with E-state index < -0.39 is 0 Å². The van der Waals surface area contributed by atoms with E-state index >= 15 is 0 Å². The van der Waals surface area contributed by atoms with Crippen LogP contribution in [0.3, 0.4) is 0 Å². The van der Waals surface area contributed by atoms with Crippen molar-refractivity contribution in [1.82, 2.24) is 9.97 Å². The molecule has 0 spiro atoms. The Morgan fingerprint density at radius 2 is 1.95 bits per heavy atom. The van der Waals surface area contributed by atoms with Gasteiger partial charge >= 0.3 is 0 Å². The second-order valence-corrected chi connectivity index (χ2v) is 4.28. The highest BCUT2D eigenvalue weighted by Gasteiger charge is 2.12. The zero-order valence-corrected chi connectivity index (χ0v) is 10.9. The summed E-state index contributed by atoms with van der Waals surface area (Å²) in [5.41, 5.74) is 1.15. The third kappa shape index (κ3) is 2.47. The molecule has 20 heavy (non-hydrogen) atoms. The molecule has 0 atom stereocenters. The van der Waals surface area contributed by atoms with Crippen LogP contribution in [-0.2, 0) is 0 Å². The van der Waals surface area contributed by atoms with Gasteiger partial charge in [-0.2, -0.15) is 5.26 Å². The van der Waals surface area contributed by atoms with Crippen LogP contribution in [0.2, 0.25) is 0 Å². The molecule has 2 heterocycles. The lowest BCUT2D eigenvalue weighted by Gasteiger charge is -2.19. The number of aryl methyl sites for hydroxylation is 1. The smallest absolute Gasteiger partial charge is 0.163 e.